The Labute approximate surface area is 135 Å². The van der Waals surface area contributed by atoms with Crippen molar-refractivity contribution in [3.05, 3.63) is 29.0 Å². The average molecular weight is 363 g/mol. The number of morpholine rings is 1. The number of hydrogen-bond donors (Lipinski definition) is 1. The van der Waals surface area contributed by atoms with Crippen molar-refractivity contribution < 1.29 is 4.74 Å². The number of fused-ring (bicyclic) bond motifs is 1. The highest BCUT2D eigenvalue weighted by Gasteiger charge is 2.22. The van der Waals surface area contributed by atoms with Crippen molar-refractivity contribution in [1.82, 2.24) is 24.8 Å². The van der Waals surface area contributed by atoms with Crippen LogP contribution in [0.1, 0.15) is 6.92 Å². The number of aromatic amines is 1. The minimum absolute atomic E-state index is 0.292. The van der Waals surface area contributed by atoms with Gasteiger partial charge in [-0.05, 0) is 28.9 Å². The van der Waals surface area contributed by atoms with E-state index in [1.165, 1.54) is 0 Å². The van der Waals surface area contributed by atoms with Crippen LogP contribution in [-0.4, -0.2) is 50.6 Å². The van der Waals surface area contributed by atoms with E-state index in [1.807, 2.05) is 16.6 Å². The minimum Gasteiger partial charge on any atom is -0.377 e. The first kappa shape index (κ1) is 13.7. The van der Waals surface area contributed by atoms with Crippen molar-refractivity contribution >= 4 is 27.4 Å². The van der Waals surface area contributed by atoms with Crippen LogP contribution in [0.4, 0.5) is 5.82 Å². The Bertz CT molecular complexity index is 799. The lowest BCUT2D eigenvalue weighted by Crippen LogP contribution is -2.44. The second-order valence-electron chi connectivity index (χ2n) is 5.32. The molecule has 0 spiro atoms. The molecule has 0 aliphatic carbocycles. The number of anilines is 1. The third-order valence-corrected chi connectivity index (χ3v) is 4.41. The number of H-pyrrole nitrogens is 1. The van der Waals surface area contributed by atoms with Crippen molar-refractivity contribution in [3.8, 4) is 11.4 Å². The van der Waals surface area contributed by atoms with Crippen LogP contribution >= 0.6 is 15.9 Å². The van der Waals surface area contributed by atoms with Crippen molar-refractivity contribution in [2.45, 2.75) is 13.0 Å². The third kappa shape index (κ3) is 2.19. The molecule has 0 radical (unpaired) electrons. The van der Waals surface area contributed by atoms with Gasteiger partial charge in [-0.15, -0.1) is 0 Å². The Morgan fingerprint density at radius 2 is 2.36 bits per heavy atom. The van der Waals surface area contributed by atoms with E-state index < -0.39 is 0 Å². The molecular weight excluding hydrogens is 348 g/mol. The molecule has 22 heavy (non-hydrogen) atoms. The van der Waals surface area contributed by atoms with Gasteiger partial charge in [0.15, 0.2) is 5.65 Å². The topological polar surface area (TPSA) is 71.3 Å². The molecule has 8 heteroatoms. The lowest BCUT2D eigenvalue weighted by Gasteiger charge is -2.34. The summed E-state index contributed by atoms with van der Waals surface area (Å²) < 4.78 is 8.20. The van der Waals surface area contributed by atoms with Gasteiger partial charge in [0.05, 0.1) is 41.3 Å². The first-order valence-electron chi connectivity index (χ1n) is 7.12. The van der Waals surface area contributed by atoms with Gasteiger partial charge in [0.25, 0.3) is 0 Å². The summed E-state index contributed by atoms with van der Waals surface area (Å²) in [6.07, 6.45) is 3.49. The van der Waals surface area contributed by atoms with Crippen molar-refractivity contribution in [3.63, 3.8) is 0 Å². The van der Waals surface area contributed by atoms with E-state index >= 15 is 0 Å². The molecule has 3 aromatic heterocycles. The predicted molar refractivity (Wildman–Crippen MR) is 85.9 cm³/mol. The molecule has 4 rings (SSSR count). The highest BCUT2D eigenvalue weighted by molar-refractivity contribution is 9.10. The monoisotopic (exact) mass is 362 g/mol. The zero-order valence-corrected chi connectivity index (χ0v) is 13.6. The largest absolute Gasteiger partial charge is 0.377 e. The van der Waals surface area contributed by atoms with Gasteiger partial charge in [-0.3, -0.25) is 5.10 Å². The second kappa shape index (κ2) is 5.36. The first-order chi connectivity index (χ1) is 10.7. The summed E-state index contributed by atoms with van der Waals surface area (Å²) in [5.74, 6) is 0.925. The summed E-state index contributed by atoms with van der Waals surface area (Å²) in [7, 11) is 0. The molecule has 0 bridgehead atoms. The lowest BCUT2D eigenvalue weighted by atomic mass is 10.2. The maximum absolute atomic E-state index is 5.52. The molecule has 1 saturated heterocycles. The molecule has 1 aliphatic heterocycles. The number of ether oxygens (including phenoxy) is 1. The average Bonchev–Trinajstić information content (AvgIpc) is 3.18. The molecule has 4 heterocycles. The summed E-state index contributed by atoms with van der Waals surface area (Å²) >= 11 is 3.52. The number of nitrogens with one attached hydrogen (secondary N) is 1. The van der Waals surface area contributed by atoms with Crippen molar-refractivity contribution in [1.29, 1.82) is 0 Å². The van der Waals surface area contributed by atoms with E-state index in [4.69, 9.17) is 9.72 Å². The number of rotatable bonds is 2. The molecule has 0 amide bonds. The van der Waals surface area contributed by atoms with Crippen LogP contribution < -0.4 is 4.90 Å². The van der Waals surface area contributed by atoms with Gasteiger partial charge in [-0.2, -0.15) is 10.2 Å². The number of nitrogens with zero attached hydrogens (tertiary/aromatic N) is 5. The van der Waals surface area contributed by atoms with Crippen LogP contribution in [0.2, 0.25) is 0 Å². The molecule has 7 nitrogen and oxygen atoms in total. The minimum atomic E-state index is 0.292. The van der Waals surface area contributed by atoms with Gasteiger partial charge >= 0.3 is 0 Å². The van der Waals surface area contributed by atoms with Gasteiger partial charge in [0, 0.05) is 18.8 Å². The Kier molecular flexibility index (Phi) is 3.34. The zero-order chi connectivity index (χ0) is 15.1. The Hall–Kier alpha value is -1.93. The zero-order valence-electron chi connectivity index (χ0n) is 12.0. The van der Waals surface area contributed by atoms with Crippen LogP contribution in [0, 0.1) is 0 Å². The Morgan fingerprint density at radius 1 is 1.45 bits per heavy atom. The number of halogens is 1. The van der Waals surface area contributed by atoms with E-state index in [1.54, 1.807) is 12.4 Å². The molecule has 0 unspecified atom stereocenters. The normalized spacial score (nSPS) is 19.0. The Balaban J connectivity index is 1.91. The van der Waals surface area contributed by atoms with E-state index in [-0.39, 0.29) is 0 Å². The summed E-state index contributed by atoms with van der Waals surface area (Å²) in [4.78, 5) is 7.04. The third-order valence-electron chi connectivity index (χ3n) is 3.85. The van der Waals surface area contributed by atoms with E-state index in [0.29, 0.717) is 12.6 Å². The highest BCUT2D eigenvalue weighted by atomic mass is 79.9. The van der Waals surface area contributed by atoms with Crippen LogP contribution in [0.5, 0.6) is 0 Å². The van der Waals surface area contributed by atoms with Crippen LogP contribution in [-0.2, 0) is 4.74 Å². The fraction of sp³-hybridized carbons (Fsp3) is 0.357. The molecule has 1 N–H and O–H groups in total. The second-order valence-corrected chi connectivity index (χ2v) is 6.17. The Morgan fingerprint density at radius 3 is 3.14 bits per heavy atom. The molecule has 114 valence electrons. The standard InChI is InChI=1S/C14H15BrN6O/c1-9-8-22-5-4-20(9)13-6-12(11-2-3-16-19-11)21-14(18-13)10(15)7-17-21/h2-3,6-7,9H,4-5,8H2,1H3,(H,16,19)/t9-/m1/s1. The maximum Gasteiger partial charge on any atom is 0.172 e. The fourth-order valence-corrected chi connectivity index (χ4v) is 3.08. The fourth-order valence-electron chi connectivity index (χ4n) is 2.73. The SMILES string of the molecule is C[C@@H]1COCCN1c1cc(-c2ccn[nH]2)n2ncc(Br)c2n1. The molecule has 1 atom stereocenters. The summed E-state index contributed by atoms with van der Waals surface area (Å²) in [5.41, 5.74) is 2.63. The molecule has 0 aromatic carbocycles. The van der Waals surface area contributed by atoms with Crippen LogP contribution in [0.25, 0.3) is 17.0 Å². The van der Waals surface area contributed by atoms with E-state index in [0.717, 1.165) is 40.5 Å². The summed E-state index contributed by atoms with van der Waals surface area (Å²) in [6, 6.07) is 4.26. The number of hydrogen-bond acceptors (Lipinski definition) is 5. The first-order valence-corrected chi connectivity index (χ1v) is 7.92. The number of aromatic nitrogens is 5. The predicted octanol–water partition coefficient (Wildman–Crippen LogP) is 2.11. The molecular formula is C14H15BrN6O. The van der Waals surface area contributed by atoms with Crippen molar-refractivity contribution in [2.75, 3.05) is 24.7 Å². The van der Waals surface area contributed by atoms with Crippen molar-refractivity contribution in [2.24, 2.45) is 0 Å². The van der Waals surface area contributed by atoms with Gasteiger partial charge < -0.3 is 9.64 Å². The molecule has 1 aliphatic rings. The summed E-state index contributed by atoms with van der Waals surface area (Å²) in [5, 5.41) is 11.4. The smallest absolute Gasteiger partial charge is 0.172 e. The van der Waals surface area contributed by atoms with E-state index in [2.05, 4.69) is 43.0 Å². The van der Waals surface area contributed by atoms with Gasteiger partial charge in [-0.25, -0.2) is 9.50 Å². The lowest BCUT2D eigenvalue weighted by molar-refractivity contribution is 0.0985. The molecule has 1 fully saturated rings. The highest BCUT2D eigenvalue weighted by Crippen LogP contribution is 2.28. The van der Waals surface area contributed by atoms with Crippen LogP contribution in [0.15, 0.2) is 29.0 Å². The van der Waals surface area contributed by atoms with E-state index in [9.17, 15) is 0 Å². The van der Waals surface area contributed by atoms with Gasteiger partial charge in [-0.1, -0.05) is 0 Å². The van der Waals surface area contributed by atoms with Crippen LogP contribution in [0.3, 0.4) is 0 Å². The quantitative estimate of drug-likeness (QED) is 0.755. The van der Waals surface area contributed by atoms with Gasteiger partial charge in [0.2, 0.25) is 0 Å². The summed E-state index contributed by atoms with van der Waals surface area (Å²) in [6.45, 7) is 4.41. The van der Waals surface area contributed by atoms with Gasteiger partial charge in [0.1, 0.15) is 5.82 Å². The molecule has 0 saturated carbocycles. The molecule has 3 aromatic rings. The maximum atomic E-state index is 5.52.